The van der Waals surface area contributed by atoms with Crippen molar-refractivity contribution in [2.24, 2.45) is 0 Å². The fraction of sp³-hybridized carbons (Fsp3) is 0.450. The van der Waals surface area contributed by atoms with Gasteiger partial charge in [-0.05, 0) is 50.5 Å². The van der Waals surface area contributed by atoms with Crippen LogP contribution in [-0.4, -0.2) is 39.7 Å². The van der Waals surface area contributed by atoms with Crippen LogP contribution in [0.5, 0.6) is 0 Å². The molecule has 1 aliphatic carbocycles. The van der Waals surface area contributed by atoms with Crippen molar-refractivity contribution in [3.63, 3.8) is 0 Å². The SMILES string of the molecule is CN(CC(C)(C)O)C(=O)c1c(-c2ccc(Cl)cc2)cc(C(F)(F)F)n1C1CC1. The predicted octanol–water partition coefficient (Wildman–Crippen LogP) is 5.01. The zero-order chi connectivity index (χ0) is 20.9. The average Bonchev–Trinajstić information content (AvgIpc) is 3.31. The van der Waals surface area contributed by atoms with Gasteiger partial charge in [0.05, 0.1) is 5.60 Å². The zero-order valence-electron chi connectivity index (χ0n) is 15.8. The van der Waals surface area contributed by atoms with Crippen molar-refractivity contribution in [2.45, 2.75) is 44.5 Å². The van der Waals surface area contributed by atoms with Gasteiger partial charge < -0.3 is 14.6 Å². The summed E-state index contributed by atoms with van der Waals surface area (Å²) in [5.41, 5.74) is -1.32. The highest BCUT2D eigenvalue weighted by Crippen LogP contribution is 2.45. The molecule has 8 heteroatoms. The summed E-state index contributed by atoms with van der Waals surface area (Å²) < 4.78 is 42.3. The maximum Gasteiger partial charge on any atom is 0.431 e. The molecule has 28 heavy (non-hydrogen) atoms. The van der Waals surface area contributed by atoms with Gasteiger partial charge in [0, 0.05) is 30.2 Å². The molecule has 152 valence electrons. The van der Waals surface area contributed by atoms with Gasteiger partial charge in [-0.2, -0.15) is 13.2 Å². The van der Waals surface area contributed by atoms with E-state index in [0.717, 1.165) is 10.6 Å². The van der Waals surface area contributed by atoms with Gasteiger partial charge in [0.15, 0.2) is 0 Å². The first-order chi connectivity index (χ1) is 12.9. The summed E-state index contributed by atoms with van der Waals surface area (Å²) in [7, 11) is 1.48. The van der Waals surface area contributed by atoms with Gasteiger partial charge in [0.25, 0.3) is 5.91 Å². The van der Waals surface area contributed by atoms with Gasteiger partial charge in [-0.25, -0.2) is 0 Å². The van der Waals surface area contributed by atoms with Crippen LogP contribution in [0.2, 0.25) is 5.02 Å². The Bertz CT molecular complexity index is 879. The summed E-state index contributed by atoms with van der Waals surface area (Å²) in [6, 6.07) is 7.03. The van der Waals surface area contributed by atoms with E-state index in [2.05, 4.69) is 0 Å². The van der Waals surface area contributed by atoms with E-state index < -0.39 is 23.4 Å². The summed E-state index contributed by atoms with van der Waals surface area (Å²) in [5, 5.41) is 10.5. The van der Waals surface area contributed by atoms with E-state index in [9.17, 15) is 23.1 Å². The lowest BCUT2D eigenvalue weighted by Crippen LogP contribution is -2.40. The van der Waals surface area contributed by atoms with Crippen LogP contribution in [0.4, 0.5) is 13.2 Å². The molecule has 0 spiro atoms. The van der Waals surface area contributed by atoms with Crippen LogP contribution in [-0.2, 0) is 6.18 Å². The van der Waals surface area contributed by atoms with Crippen LogP contribution in [0.3, 0.4) is 0 Å². The van der Waals surface area contributed by atoms with Gasteiger partial charge in [0.2, 0.25) is 0 Å². The summed E-state index contributed by atoms with van der Waals surface area (Å²) in [4.78, 5) is 14.4. The minimum atomic E-state index is -4.59. The monoisotopic (exact) mass is 414 g/mol. The quantitative estimate of drug-likeness (QED) is 0.747. The number of hydrogen-bond donors (Lipinski definition) is 1. The number of amides is 1. The number of carbonyl (C=O) groups is 1. The molecule has 0 bridgehead atoms. The second kappa shape index (κ2) is 7.12. The number of carbonyl (C=O) groups excluding carboxylic acids is 1. The van der Waals surface area contributed by atoms with Gasteiger partial charge in [-0.15, -0.1) is 0 Å². The van der Waals surface area contributed by atoms with Crippen LogP contribution in [0.1, 0.15) is 48.9 Å². The van der Waals surface area contributed by atoms with E-state index in [0.29, 0.717) is 23.4 Å². The Balaban J connectivity index is 2.18. The van der Waals surface area contributed by atoms with E-state index in [1.165, 1.54) is 25.8 Å². The standard InChI is InChI=1S/C20H22ClF3N2O2/c1-19(2,28)11-25(3)18(27)17-15(12-4-6-13(21)7-5-12)10-16(20(22,23)24)26(17)14-8-9-14/h4-7,10,14,28H,8-9,11H2,1-3H3. The normalized spacial score (nSPS) is 15.0. The highest BCUT2D eigenvalue weighted by Gasteiger charge is 2.43. The summed E-state index contributed by atoms with van der Waals surface area (Å²) >= 11 is 5.91. The van der Waals surface area contributed by atoms with Crippen molar-refractivity contribution in [2.75, 3.05) is 13.6 Å². The topological polar surface area (TPSA) is 45.5 Å². The molecule has 0 saturated heterocycles. The number of nitrogens with zero attached hydrogens (tertiary/aromatic N) is 2. The van der Waals surface area contributed by atoms with Crippen molar-refractivity contribution in [3.05, 3.63) is 46.7 Å². The van der Waals surface area contributed by atoms with Crippen molar-refractivity contribution >= 4 is 17.5 Å². The van der Waals surface area contributed by atoms with Gasteiger partial charge in [-0.3, -0.25) is 4.79 Å². The van der Waals surface area contributed by atoms with Crippen molar-refractivity contribution < 1.29 is 23.1 Å². The van der Waals surface area contributed by atoms with Crippen molar-refractivity contribution in [1.29, 1.82) is 0 Å². The van der Waals surface area contributed by atoms with E-state index in [1.54, 1.807) is 24.3 Å². The third kappa shape index (κ3) is 4.36. The third-order valence-electron chi connectivity index (χ3n) is 4.57. The molecule has 3 rings (SSSR count). The molecule has 0 aliphatic heterocycles. The number of rotatable bonds is 5. The molecule has 2 aromatic rings. The second-order valence-corrected chi connectivity index (χ2v) is 8.31. The molecule has 0 unspecified atom stereocenters. The van der Waals surface area contributed by atoms with E-state index in [4.69, 9.17) is 11.6 Å². The van der Waals surface area contributed by atoms with Crippen LogP contribution in [0, 0.1) is 0 Å². The molecular formula is C20H22ClF3N2O2. The largest absolute Gasteiger partial charge is 0.431 e. The van der Waals surface area contributed by atoms with Gasteiger partial charge in [-0.1, -0.05) is 23.7 Å². The third-order valence-corrected chi connectivity index (χ3v) is 4.82. The summed E-state index contributed by atoms with van der Waals surface area (Å²) in [6.07, 6.45) is -3.41. The molecule has 1 aromatic carbocycles. The first kappa shape index (κ1) is 20.7. The van der Waals surface area contributed by atoms with Crippen molar-refractivity contribution in [3.8, 4) is 11.1 Å². The molecule has 0 radical (unpaired) electrons. The molecule has 1 fully saturated rings. The smallest absolute Gasteiger partial charge is 0.389 e. The molecule has 1 heterocycles. The van der Waals surface area contributed by atoms with Crippen LogP contribution in [0.15, 0.2) is 30.3 Å². The number of hydrogen-bond acceptors (Lipinski definition) is 2. The van der Waals surface area contributed by atoms with Gasteiger partial charge in [0.1, 0.15) is 11.4 Å². The fourth-order valence-electron chi connectivity index (χ4n) is 3.36. The molecular weight excluding hydrogens is 393 g/mol. The Hall–Kier alpha value is -1.99. The molecule has 0 atom stereocenters. The highest BCUT2D eigenvalue weighted by atomic mass is 35.5. The van der Waals surface area contributed by atoms with E-state index >= 15 is 0 Å². The minimum Gasteiger partial charge on any atom is -0.389 e. The second-order valence-electron chi connectivity index (χ2n) is 7.87. The molecule has 1 aromatic heterocycles. The minimum absolute atomic E-state index is 0.0103. The predicted molar refractivity (Wildman–Crippen MR) is 101 cm³/mol. The molecule has 4 nitrogen and oxygen atoms in total. The number of aromatic nitrogens is 1. The number of likely N-dealkylation sites (N-methyl/N-ethyl adjacent to an activating group) is 1. The molecule has 1 N–H and O–H groups in total. The van der Waals surface area contributed by atoms with E-state index in [-0.39, 0.29) is 23.8 Å². The number of halogens is 4. The number of alkyl halides is 3. The van der Waals surface area contributed by atoms with Crippen molar-refractivity contribution in [1.82, 2.24) is 9.47 Å². The molecule has 1 saturated carbocycles. The van der Waals surface area contributed by atoms with Gasteiger partial charge >= 0.3 is 6.18 Å². The molecule has 1 amide bonds. The van der Waals surface area contributed by atoms with Crippen LogP contribution < -0.4 is 0 Å². The Labute approximate surface area is 166 Å². The lowest BCUT2D eigenvalue weighted by Gasteiger charge is -2.27. The maximum atomic E-state index is 13.7. The Morgan fingerprint density at radius 1 is 1.25 bits per heavy atom. The first-order valence-corrected chi connectivity index (χ1v) is 9.32. The first-order valence-electron chi connectivity index (χ1n) is 8.94. The maximum absolute atomic E-state index is 13.7. The lowest BCUT2D eigenvalue weighted by atomic mass is 10.0. The Morgan fingerprint density at radius 2 is 1.82 bits per heavy atom. The molecule has 1 aliphatic rings. The summed E-state index contributed by atoms with van der Waals surface area (Å²) in [5.74, 6) is -0.561. The number of benzene rings is 1. The fourth-order valence-corrected chi connectivity index (χ4v) is 3.48. The number of aliphatic hydroxyl groups is 1. The summed E-state index contributed by atoms with van der Waals surface area (Å²) in [6.45, 7) is 3.07. The van der Waals surface area contributed by atoms with E-state index in [1.807, 2.05) is 0 Å². The van der Waals surface area contributed by atoms with Crippen LogP contribution in [0.25, 0.3) is 11.1 Å². The average molecular weight is 415 g/mol. The lowest BCUT2D eigenvalue weighted by molar-refractivity contribution is -0.143. The Morgan fingerprint density at radius 3 is 2.29 bits per heavy atom. The Kier molecular flexibility index (Phi) is 5.27. The zero-order valence-corrected chi connectivity index (χ0v) is 16.6. The van der Waals surface area contributed by atoms with Crippen LogP contribution >= 0.6 is 11.6 Å². The highest BCUT2D eigenvalue weighted by molar-refractivity contribution is 6.30.